The first-order valence-electron chi connectivity index (χ1n) is 7.73. The van der Waals surface area contributed by atoms with Gasteiger partial charge in [-0.2, -0.15) is 0 Å². The summed E-state index contributed by atoms with van der Waals surface area (Å²) < 4.78 is 0. The topological polar surface area (TPSA) is 32.3 Å². The lowest BCUT2D eigenvalue weighted by Crippen LogP contribution is -2.46. The highest BCUT2D eigenvalue weighted by Crippen LogP contribution is 2.39. The van der Waals surface area contributed by atoms with Crippen LogP contribution in [0.15, 0.2) is 0 Å². The highest BCUT2D eigenvalue weighted by atomic mass is 16.2. The molecule has 3 unspecified atom stereocenters. The fraction of sp³-hybridized carbons (Fsp3) is 0.933. The molecular weight excluding hydrogens is 224 g/mol. The van der Waals surface area contributed by atoms with E-state index in [-0.39, 0.29) is 11.7 Å². The molecule has 1 amide bonds. The molecule has 2 aliphatic carbocycles. The molecule has 1 spiro atoms. The van der Waals surface area contributed by atoms with Gasteiger partial charge in [-0.05, 0) is 38.5 Å². The zero-order valence-corrected chi connectivity index (χ0v) is 11.7. The van der Waals surface area contributed by atoms with Crippen LogP contribution in [-0.4, -0.2) is 28.6 Å². The molecule has 0 aromatic carbocycles. The maximum atomic E-state index is 12.8. The number of nitrogens with one attached hydrogen (secondary N) is 1. The molecule has 3 aliphatic rings. The van der Waals surface area contributed by atoms with E-state index >= 15 is 0 Å². The number of carbonyl (C=O) groups is 1. The fourth-order valence-electron chi connectivity index (χ4n) is 4.43. The average molecular weight is 250 g/mol. The van der Waals surface area contributed by atoms with Crippen molar-refractivity contribution in [1.82, 2.24) is 10.2 Å². The zero-order chi connectivity index (χ0) is 12.8. The van der Waals surface area contributed by atoms with Crippen LogP contribution in [0.4, 0.5) is 0 Å². The van der Waals surface area contributed by atoms with Crippen molar-refractivity contribution in [2.45, 2.75) is 83.0 Å². The van der Waals surface area contributed by atoms with E-state index in [2.05, 4.69) is 24.1 Å². The van der Waals surface area contributed by atoms with Crippen molar-refractivity contribution in [1.29, 1.82) is 0 Å². The normalized spacial score (nSPS) is 39.8. The Bertz CT molecular complexity index is 335. The Balaban J connectivity index is 1.77. The van der Waals surface area contributed by atoms with Crippen molar-refractivity contribution < 1.29 is 4.79 Å². The largest absolute Gasteiger partial charge is 0.323 e. The Hall–Kier alpha value is -0.570. The molecule has 3 nitrogen and oxygen atoms in total. The van der Waals surface area contributed by atoms with Crippen molar-refractivity contribution >= 4 is 5.91 Å². The molecule has 3 atom stereocenters. The summed E-state index contributed by atoms with van der Waals surface area (Å²) in [7, 11) is 0. The van der Waals surface area contributed by atoms with Crippen molar-refractivity contribution in [2.75, 3.05) is 0 Å². The third-order valence-corrected chi connectivity index (χ3v) is 5.31. The standard InChI is InChI=1S/C15H26N2O/c1-11-6-5-7-13(10-11)17-12(2)16-15(14(17)18)8-3-4-9-15/h11-13,16H,3-10H2,1-2H3. The minimum Gasteiger partial charge on any atom is -0.323 e. The van der Waals surface area contributed by atoms with Gasteiger partial charge < -0.3 is 4.90 Å². The zero-order valence-electron chi connectivity index (χ0n) is 11.7. The Morgan fingerprint density at radius 1 is 1.17 bits per heavy atom. The average Bonchev–Trinajstić information content (AvgIpc) is 2.87. The predicted molar refractivity (Wildman–Crippen MR) is 72.1 cm³/mol. The molecule has 1 saturated heterocycles. The van der Waals surface area contributed by atoms with E-state index in [0.717, 1.165) is 18.8 Å². The van der Waals surface area contributed by atoms with Gasteiger partial charge in [0, 0.05) is 6.04 Å². The summed E-state index contributed by atoms with van der Waals surface area (Å²) in [6.07, 6.45) is 9.79. The summed E-state index contributed by atoms with van der Waals surface area (Å²) in [6.45, 7) is 4.50. The van der Waals surface area contributed by atoms with E-state index in [1.165, 1.54) is 38.5 Å². The first-order valence-corrected chi connectivity index (χ1v) is 7.73. The van der Waals surface area contributed by atoms with Crippen LogP contribution in [0.25, 0.3) is 0 Å². The third-order valence-electron chi connectivity index (χ3n) is 5.31. The van der Waals surface area contributed by atoms with Gasteiger partial charge in [-0.15, -0.1) is 0 Å². The maximum absolute atomic E-state index is 12.8. The lowest BCUT2D eigenvalue weighted by Gasteiger charge is -2.36. The molecule has 3 fully saturated rings. The van der Waals surface area contributed by atoms with E-state index in [9.17, 15) is 4.79 Å². The quantitative estimate of drug-likeness (QED) is 0.776. The van der Waals surface area contributed by atoms with Gasteiger partial charge >= 0.3 is 0 Å². The lowest BCUT2D eigenvalue weighted by atomic mass is 9.85. The second-order valence-electron chi connectivity index (χ2n) is 6.75. The van der Waals surface area contributed by atoms with Crippen molar-refractivity contribution in [3.05, 3.63) is 0 Å². The van der Waals surface area contributed by atoms with Gasteiger partial charge in [0.15, 0.2) is 0 Å². The Kier molecular flexibility index (Phi) is 3.13. The van der Waals surface area contributed by atoms with Gasteiger partial charge in [-0.25, -0.2) is 0 Å². The molecule has 0 aromatic rings. The number of carbonyl (C=O) groups excluding carboxylic acids is 1. The molecule has 102 valence electrons. The summed E-state index contributed by atoms with van der Waals surface area (Å²) in [5, 5.41) is 3.62. The van der Waals surface area contributed by atoms with Crippen molar-refractivity contribution in [3.8, 4) is 0 Å². The summed E-state index contributed by atoms with van der Waals surface area (Å²) in [5.41, 5.74) is -0.180. The minimum atomic E-state index is -0.180. The van der Waals surface area contributed by atoms with E-state index in [0.29, 0.717) is 11.9 Å². The lowest BCUT2D eigenvalue weighted by molar-refractivity contribution is -0.136. The number of hydrogen-bond donors (Lipinski definition) is 1. The summed E-state index contributed by atoms with van der Waals surface area (Å²) in [4.78, 5) is 15.0. The smallest absolute Gasteiger partial charge is 0.244 e. The van der Waals surface area contributed by atoms with E-state index in [4.69, 9.17) is 0 Å². The van der Waals surface area contributed by atoms with Crippen LogP contribution in [0.3, 0.4) is 0 Å². The van der Waals surface area contributed by atoms with Gasteiger partial charge in [0.1, 0.15) is 0 Å². The Morgan fingerprint density at radius 3 is 2.56 bits per heavy atom. The van der Waals surface area contributed by atoms with Crippen LogP contribution >= 0.6 is 0 Å². The summed E-state index contributed by atoms with van der Waals surface area (Å²) in [6, 6.07) is 0.490. The molecule has 1 aliphatic heterocycles. The van der Waals surface area contributed by atoms with Gasteiger partial charge in [0.25, 0.3) is 0 Å². The van der Waals surface area contributed by atoms with Crippen LogP contribution in [-0.2, 0) is 4.79 Å². The first-order chi connectivity index (χ1) is 8.62. The van der Waals surface area contributed by atoms with Crippen molar-refractivity contribution in [3.63, 3.8) is 0 Å². The van der Waals surface area contributed by atoms with Crippen LogP contribution in [0.5, 0.6) is 0 Å². The molecule has 0 aromatic heterocycles. The molecule has 1 N–H and O–H groups in total. The van der Waals surface area contributed by atoms with Crippen LogP contribution < -0.4 is 5.32 Å². The molecule has 1 heterocycles. The van der Waals surface area contributed by atoms with Gasteiger partial charge in [0.05, 0.1) is 11.7 Å². The second kappa shape index (κ2) is 4.52. The third kappa shape index (κ3) is 1.87. The second-order valence-corrected chi connectivity index (χ2v) is 6.75. The SMILES string of the molecule is CC1CCCC(N2C(=O)C3(CCCC3)NC2C)C1. The molecule has 0 bridgehead atoms. The molecule has 0 radical (unpaired) electrons. The van der Waals surface area contributed by atoms with Gasteiger partial charge in [-0.3, -0.25) is 10.1 Å². The summed E-state index contributed by atoms with van der Waals surface area (Å²) in [5.74, 6) is 1.19. The van der Waals surface area contributed by atoms with E-state index < -0.39 is 0 Å². The van der Waals surface area contributed by atoms with Gasteiger partial charge in [0.2, 0.25) is 5.91 Å². The highest BCUT2D eigenvalue weighted by molar-refractivity contribution is 5.89. The molecule has 3 heteroatoms. The monoisotopic (exact) mass is 250 g/mol. The maximum Gasteiger partial charge on any atom is 0.244 e. The predicted octanol–water partition coefficient (Wildman–Crippen LogP) is 2.66. The van der Waals surface area contributed by atoms with Crippen LogP contribution in [0.1, 0.15) is 65.2 Å². The number of hydrogen-bond acceptors (Lipinski definition) is 2. The number of nitrogens with zero attached hydrogens (tertiary/aromatic N) is 1. The van der Waals surface area contributed by atoms with Crippen LogP contribution in [0.2, 0.25) is 0 Å². The van der Waals surface area contributed by atoms with E-state index in [1.54, 1.807) is 0 Å². The van der Waals surface area contributed by atoms with Crippen LogP contribution in [0, 0.1) is 5.92 Å². The van der Waals surface area contributed by atoms with Crippen molar-refractivity contribution in [2.24, 2.45) is 5.92 Å². The number of amides is 1. The minimum absolute atomic E-state index is 0.180. The molecule has 3 rings (SSSR count). The van der Waals surface area contributed by atoms with Gasteiger partial charge in [-0.1, -0.05) is 32.6 Å². The number of rotatable bonds is 1. The fourth-order valence-corrected chi connectivity index (χ4v) is 4.43. The summed E-state index contributed by atoms with van der Waals surface area (Å²) >= 11 is 0. The molecular formula is C15H26N2O. The highest BCUT2D eigenvalue weighted by Gasteiger charge is 2.52. The molecule has 2 saturated carbocycles. The molecule has 18 heavy (non-hydrogen) atoms. The Labute approximate surface area is 110 Å². The van der Waals surface area contributed by atoms with E-state index in [1.807, 2.05) is 0 Å². The first kappa shape index (κ1) is 12.5. The Morgan fingerprint density at radius 2 is 1.89 bits per heavy atom.